The number of aromatic nitrogens is 3. The molecular formula is C12H16N4O. The predicted molar refractivity (Wildman–Crippen MR) is 65.6 cm³/mol. The van der Waals surface area contributed by atoms with E-state index in [2.05, 4.69) is 10.1 Å². The van der Waals surface area contributed by atoms with Crippen molar-refractivity contribution in [3.63, 3.8) is 0 Å². The van der Waals surface area contributed by atoms with Crippen LogP contribution in [0.4, 0.5) is 5.69 Å². The van der Waals surface area contributed by atoms with Crippen LogP contribution in [0.1, 0.15) is 18.2 Å². The Bertz CT molecular complexity index is 507. The highest BCUT2D eigenvalue weighted by atomic mass is 16.5. The molecule has 0 fully saturated rings. The van der Waals surface area contributed by atoms with Gasteiger partial charge in [-0.1, -0.05) is 0 Å². The zero-order chi connectivity index (χ0) is 12.3. The van der Waals surface area contributed by atoms with E-state index >= 15 is 0 Å². The fourth-order valence-electron chi connectivity index (χ4n) is 1.53. The van der Waals surface area contributed by atoms with Crippen LogP contribution < -0.4 is 10.5 Å². The number of anilines is 1. The van der Waals surface area contributed by atoms with Gasteiger partial charge in [-0.15, -0.1) is 0 Å². The maximum absolute atomic E-state index is 5.75. The van der Waals surface area contributed by atoms with Gasteiger partial charge in [0.25, 0.3) is 0 Å². The molecular weight excluding hydrogens is 216 g/mol. The summed E-state index contributed by atoms with van der Waals surface area (Å²) in [7, 11) is 0. The van der Waals surface area contributed by atoms with Crippen LogP contribution >= 0.6 is 0 Å². The second-order valence-corrected chi connectivity index (χ2v) is 3.78. The first kappa shape index (κ1) is 11.4. The van der Waals surface area contributed by atoms with E-state index in [1.54, 1.807) is 18.3 Å². The number of rotatable bonds is 4. The lowest BCUT2D eigenvalue weighted by molar-refractivity contribution is 0.295. The maximum Gasteiger partial charge on any atom is 0.237 e. The third kappa shape index (κ3) is 2.55. The summed E-state index contributed by atoms with van der Waals surface area (Å²) >= 11 is 0. The van der Waals surface area contributed by atoms with Gasteiger partial charge in [-0.05, 0) is 26.0 Å². The van der Waals surface area contributed by atoms with Crippen LogP contribution in [0.3, 0.4) is 0 Å². The normalized spacial score (nSPS) is 10.5. The number of nitrogens with two attached hydrogens (primary N) is 1. The predicted octanol–water partition coefficient (Wildman–Crippen LogP) is 1.77. The van der Waals surface area contributed by atoms with Crippen molar-refractivity contribution in [2.45, 2.75) is 27.0 Å². The standard InChI is InChI=1S/C12H16N4O/c1-3-16-7-10(9(2)15-16)8-17-12-11(13)5-4-6-14-12/h4-7H,3,8,13H2,1-2H3. The van der Waals surface area contributed by atoms with Crippen LogP contribution in [-0.4, -0.2) is 14.8 Å². The van der Waals surface area contributed by atoms with E-state index in [0.717, 1.165) is 17.8 Å². The molecule has 0 saturated carbocycles. The van der Waals surface area contributed by atoms with Crippen LogP contribution in [0.2, 0.25) is 0 Å². The molecule has 2 aromatic heterocycles. The van der Waals surface area contributed by atoms with E-state index < -0.39 is 0 Å². The first-order chi connectivity index (χ1) is 8.20. The van der Waals surface area contributed by atoms with Crippen molar-refractivity contribution in [3.8, 4) is 5.88 Å². The molecule has 0 aliphatic carbocycles. The minimum Gasteiger partial charge on any atom is -0.471 e. The second kappa shape index (κ2) is 4.86. The van der Waals surface area contributed by atoms with Gasteiger partial charge in [0.2, 0.25) is 5.88 Å². The van der Waals surface area contributed by atoms with Crippen molar-refractivity contribution in [1.82, 2.24) is 14.8 Å². The van der Waals surface area contributed by atoms with Crippen molar-refractivity contribution in [1.29, 1.82) is 0 Å². The van der Waals surface area contributed by atoms with Crippen LogP contribution in [0.15, 0.2) is 24.5 Å². The molecule has 2 N–H and O–H groups in total. The molecule has 0 amide bonds. The van der Waals surface area contributed by atoms with Crippen molar-refractivity contribution in [2.75, 3.05) is 5.73 Å². The summed E-state index contributed by atoms with van der Waals surface area (Å²) < 4.78 is 7.46. The Labute approximate surface area is 100 Å². The van der Waals surface area contributed by atoms with Gasteiger partial charge in [-0.3, -0.25) is 4.68 Å². The summed E-state index contributed by atoms with van der Waals surface area (Å²) in [4.78, 5) is 4.08. The molecule has 0 unspecified atom stereocenters. The van der Waals surface area contributed by atoms with E-state index in [0.29, 0.717) is 18.2 Å². The highest BCUT2D eigenvalue weighted by Gasteiger charge is 2.06. The molecule has 0 aromatic carbocycles. The van der Waals surface area contributed by atoms with Crippen LogP contribution in [0.5, 0.6) is 5.88 Å². The smallest absolute Gasteiger partial charge is 0.237 e. The molecule has 0 aliphatic heterocycles. The SMILES string of the molecule is CCn1cc(COc2ncccc2N)c(C)n1. The lowest BCUT2D eigenvalue weighted by atomic mass is 10.3. The lowest BCUT2D eigenvalue weighted by Crippen LogP contribution is -2.00. The average Bonchev–Trinajstić information content (AvgIpc) is 2.69. The first-order valence-corrected chi connectivity index (χ1v) is 5.57. The topological polar surface area (TPSA) is 66.0 Å². The number of hydrogen-bond donors (Lipinski definition) is 1. The number of nitrogens with zero attached hydrogens (tertiary/aromatic N) is 3. The van der Waals surface area contributed by atoms with Gasteiger partial charge in [-0.2, -0.15) is 5.10 Å². The quantitative estimate of drug-likeness (QED) is 0.872. The van der Waals surface area contributed by atoms with E-state index in [9.17, 15) is 0 Å². The van der Waals surface area contributed by atoms with Gasteiger partial charge in [0, 0.05) is 24.5 Å². The van der Waals surface area contributed by atoms with Gasteiger partial charge in [-0.25, -0.2) is 4.98 Å². The highest BCUT2D eigenvalue weighted by Crippen LogP contribution is 2.18. The molecule has 2 rings (SSSR count). The number of hydrogen-bond acceptors (Lipinski definition) is 4. The molecule has 2 aromatic rings. The van der Waals surface area contributed by atoms with Crippen molar-refractivity contribution < 1.29 is 4.74 Å². The molecule has 0 bridgehead atoms. The molecule has 2 heterocycles. The summed E-state index contributed by atoms with van der Waals surface area (Å²) in [5.41, 5.74) is 8.32. The number of ether oxygens (including phenoxy) is 1. The Morgan fingerprint density at radius 1 is 1.47 bits per heavy atom. The van der Waals surface area contributed by atoms with Gasteiger partial charge >= 0.3 is 0 Å². The zero-order valence-electron chi connectivity index (χ0n) is 10.1. The molecule has 0 aliphatic rings. The Kier molecular flexibility index (Phi) is 3.27. The Morgan fingerprint density at radius 2 is 2.29 bits per heavy atom. The Morgan fingerprint density at radius 3 is 2.94 bits per heavy atom. The Balaban J connectivity index is 2.07. The van der Waals surface area contributed by atoms with Gasteiger partial charge in [0.1, 0.15) is 6.61 Å². The minimum absolute atomic E-state index is 0.438. The Hall–Kier alpha value is -2.04. The number of pyridine rings is 1. The van der Waals surface area contributed by atoms with Gasteiger partial charge in [0.05, 0.1) is 11.4 Å². The van der Waals surface area contributed by atoms with E-state index in [-0.39, 0.29) is 0 Å². The summed E-state index contributed by atoms with van der Waals surface area (Å²) in [6, 6.07) is 3.55. The first-order valence-electron chi connectivity index (χ1n) is 5.57. The molecule has 90 valence electrons. The third-order valence-corrected chi connectivity index (χ3v) is 2.54. The molecule has 0 radical (unpaired) electrons. The van der Waals surface area contributed by atoms with E-state index in [1.807, 2.05) is 24.7 Å². The second-order valence-electron chi connectivity index (χ2n) is 3.78. The molecule has 0 saturated heterocycles. The van der Waals surface area contributed by atoms with E-state index in [4.69, 9.17) is 10.5 Å². The van der Waals surface area contributed by atoms with Crippen molar-refractivity contribution in [2.24, 2.45) is 0 Å². The largest absolute Gasteiger partial charge is 0.471 e. The van der Waals surface area contributed by atoms with Gasteiger partial charge in [0.15, 0.2) is 0 Å². The fraction of sp³-hybridized carbons (Fsp3) is 0.333. The minimum atomic E-state index is 0.438. The number of nitrogen functional groups attached to an aromatic ring is 1. The van der Waals surface area contributed by atoms with E-state index in [1.165, 1.54) is 0 Å². The number of aryl methyl sites for hydroxylation is 2. The van der Waals surface area contributed by atoms with Crippen LogP contribution in [-0.2, 0) is 13.2 Å². The molecule has 5 nitrogen and oxygen atoms in total. The van der Waals surface area contributed by atoms with Crippen LogP contribution in [0, 0.1) is 6.92 Å². The van der Waals surface area contributed by atoms with Crippen molar-refractivity contribution >= 4 is 5.69 Å². The molecule has 0 atom stereocenters. The monoisotopic (exact) mass is 232 g/mol. The summed E-state index contributed by atoms with van der Waals surface area (Å²) in [5.74, 6) is 0.469. The van der Waals surface area contributed by atoms with Gasteiger partial charge < -0.3 is 10.5 Å². The van der Waals surface area contributed by atoms with Crippen molar-refractivity contribution in [3.05, 3.63) is 35.8 Å². The molecule has 0 spiro atoms. The maximum atomic E-state index is 5.75. The summed E-state index contributed by atoms with van der Waals surface area (Å²) in [6.45, 7) is 5.31. The molecule has 17 heavy (non-hydrogen) atoms. The third-order valence-electron chi connectivity index (χ3n) is 2.54. The average molecular weight is 232 g/mol. The fourth-order valence-corrected chi connectivity index (χ4v) is 1.53. The highest BCUT2D eigenvalue weighted by molar-refractivity contribution is 5.46. The van der Waals surface area contributed by atoms with Crippen LogP contribution in [0.25, 0.3) is 0 Å². The summed E-state index contributed by atoms with van der Waals surface area (Å²) in [5, 5.41) is 4.35. The lowest BCUT2D eigenvalue weighted by Gasteiger charge is -2.05. The molecule has 5 heteroatoms. The summed E-state index contributed by atoms with van der Waals surface area (Å²) in [6.07, 6.45) is 3.64. The zero-order valence-corrected chi connectivity index (χ0v) is 10.1.